The summed E-state index contributed by atoms with van der Waals surface area (Å²) in [5.41, 5.74) is 12.7. The summed E-state index contributed by atoms with van der Waals surface area (Å²) < 4.78 is 22.7. The number of fused-ring (bicyclic) bond motifs is 1. The van der Waals surface area contributed by atoms with Gasteiger partial charge in [0, 0.05) is 79.9 Å². The van der Waals surface area contributed by atoms with Crippen LogP contribution in [0.1, 0.15) is 82.6 Å². The number of likely N-dealkylation sites (tertiary alicyclic amines) is 1. The number of aryl methyl sites for hydroxylation is 2. The molecule has 2 saturated heterocycles. The summed E-state index contributed by atoms with van der Waals surface area (Å²) in [5.74, 6) is -1.45. The van der Waals surface area contributed by atoms with E-state index in [0.29, 0.717) is 56.0 Å². The van der Waals surface area contributed by atoms with Gasteiger partial charge in [-0.2, -0.15) is 5.10 Å². The molecular weight excluding hydrogens is 724 g/mol. The van der Waals surface area contributed by atoms with Crippen LogP contribution in [0.15, 0.2) is 72.9 Å². The molecule has 298 valence electrons. The standard InChI is InChI=1S/C44H51FN8O4/c1-3-39-36(40(50-34-15-18-57-19-16-34)37-25-49-53(4-2)42(37)51-39)24-48-44(56)32-11-6-10-31(22-32)43(55)47-23-28-13-14-38(45)35(21-28)30-9-5-8-29(20-30)26-52-17-7-12-33(27-52)41(46)54/h5-6,8-11,13-14,20-22,25,33-34H,3-4,7,12,15-19,23-24,26-27H2,1-2H3,(H2,46,54)(H,47,55)(H,48,56)(H,50,51). The van der Waals surface area contributed by atoms with Crippen molar-refractivity contribution >= 4 is 34.4 Å². The number of amides is 3. The predicted molar refractivity (Wildman–Crippen MR) is 218 cm³/mol. The van der Waals surface area contributed by atoms with Gasteiger partial charge in [0.05, 0.1) is 23.2 Å². The number of carbonyl (C=O) groups is 3. The van der Waals surface area contributed by atoms with Gasteiger partial charge >= 0.3 is 0 Å². The van der Waals surface area contributed by atoms with Crippen molar-refractivity contribution in [2.45, 2.75) is 78.2 Å². The Morgan fingerprint density at radius 3 is 2.40 bits per heavy atom. The Labute approximate surface area is 332 Å². The number of piperidine rings is 1. The lowest BCUT2D eigenvalue weighted by atomic mass is 9.96. The van der Waals surface area contributed by atoms with E-state index in [1.165, 1.54) is 6.07 Å². The topological polar surface area (TPSA) is 156 Å². The van der Waals surface area contributed by atoms with Crippen LogP contribution in [0, 0.1) is 11.7 Å². The van der Waals surface area contributed by atoms with Crippen molar-refractivity contribution in [3.05, 3.63) is 112 Å². The van der Waals surface area contributed by atoms with Crippen LogP contribution < -0.4 is 21.7 Å². The number of nitrogens with one attached hydrogen (secondary N) is 3. The SMILES string of the molecule is CCc1nc2c(cnn2CC)c(NC2CCOCC2)c1CNC(=O)c1cccc(C(=O)NCc2ccc(F)c(-c3cccc(CN4CCCC(C(N)=O)C4)c3)c2)c1. The number of hydrogen-bond donors (Lipinski definition) is 4. The van der Waals surface area contributed by atoms with Crippen LogP contribution in [0.25, 0.3) is 22.2 Å². The maximum atomic E-state index is 15.2. The molecule has 5 aromatic rings. The molecule has 12 nitrogen and oxygen atoms in total. The maximum absolute atomic E-state index is 15.2. The second-order valence-corrected chi connectivity index (χ2v) is 14.9. The zero-order chi connectivity index (χ0) is 39.9. The largest absolute Gasteiger partial charge is 0.381 e. The molecule has 0 bridgehead atoms. The van der Waals surface area contributed by atoms with Crippen LogP contribution >= 0.6 is 0 Å². The molecule has 2 aromatic heterocycles. The van der Waals surface area contributed by atoms with Crippen molar-refractivity contribution in [3.63, 3.8) is 0 Å². The molecule has 0 saturated carbocycles. The van der Waals surface area contributed by atoms with E-state index in [-0.39, 0.29) is 48.6 Å². The minimum Gasteiger partial charge on any atom is -0.381 e. The number of halogens is 1. The number of nitrogens with two attached hydrogens (primary N) is 1. The smallest absolute Gasteiger partial charge is 0.251 e. The van der Waals surface area contributed by atoms with Crippen molar-refractivity contribution in [3.8, 4) is 11.1 Å². The molecule has 0 radical (unpaired) electrons. The first-order chi connectivity index (χ1) is 27.7. The van der Waals surface area contributed by atoms with E-state index in [0.717, 1.165) is 76.9 Å². The first kappa shape index (κ1) is 39.6. The lowest BCUT2D eigenvalue weighted by molar-refractivity contribution is -0.123. The van der Waals surface area contributed by atoms with Crippen LogP contribution in [0.5, 0.6) is 0 Å². The molecule has 1 unspecified atom stereocenters. The number of pyridine rings is 1. The molecule has 0 spiro atoms. The van der Waals surface area contributed by atoms with Gasteiger partial charge in [0.2, 0.25) is 5.91 Å². The Bertz CT molecular complexity index is 2250. The summed E-state index contributed by atoms with van der Waals surface area (Å²) in [6.07, 6.45) is 5.99. The molecule has 3 aromatic carbocycles. The third-order valence-corrected chi connectivity index (χ3v) is 11.0. The zero-order valence-corrected chi connectivity index (χ0v) is 32.7. The number of carbonyl (C=O) groups excluding carboxylic acids is 3. The van der Waals surface area contributed by atoms with Gasteiger partial charge in [0.1, 0.15) is 5.82 Å². The van der Waals surface area contributed by atoms with Gasteiger partial charge in [0.15, 0.2) is 5.65 Å². The summed E-state index contributed by atoms with van der Waals surface area (Å²) in [5, 5.41) is 15.2. The molecular formula is C44H51FN8O4. The molecule has 5 N–H and O–H groups in total. The first-order valence-corrected chi connectivity index (χ1v) is 20.0. The normalized spacial score (nSPS) is 16.4. The number of hydrogen-bond acceptors (Lipinski definition) is 8. The van der Waals surface area contributed by atoms with Gasteiger partial charge in [-0.3, -0.25) is 19.3 Å². The summed E-state index contributed by atoms with van der Waals surface area (Å²) in [7, 11) is 0. The number of benzene rings is 3. The van der Waals surface area contributed by atoms with Crippen molar-refractivity contribution < 1.29 is 23.5 Å². The number of nitrogens with zero attached hydrogens (tertiary/aromatic N) is 4. The summed E-state index contributed by atoms with van der Waals surface area (Å²) in [4.78, 5) is 45.9. The van der Waals surface area contributed by atoms with Gasteiger partial charge in [-0.1, -0.05) is 37.3 Å². The van der Waals surface area contributed by atoms with Crippen molar-refractivity contribution in [2.24, 2.45) is 11.7 Å². The minimum absolute atomic E-state index is 0.153. The van der Waals surface area contributed by atoms with Gasteiger partial charge < -0.3 is 26.4 Å². The zero-order valence-electron chi connectivity index (χ0n) is 32.7. The van der Waals surface area contributed by atoms with Crippen molar-refractivity contribution in [2.75, 3.05) is 31.6 Å². The molecule has 2 aliphatic rings. The highest BCUT2D eigenvalue weighted by molar-refractivity contribution is 6.00. The molecule has 1 atom stereocenters. The van der Waals surface area contributed by atoms with Crippen LogP contribution in [0.2, 0.25) is 0 Å². The second kappa shape index (κ2) is 18.1. The highest BCUT2D eigenvalue weighted by atomic mass is 19.1. The Kier molecular flexibility index (Phi) is 12.5. The third-order valence-electron chi connectivity index (χ3n) is 11.0. The molecule has 7 rings (SSSR count). The second-order valence-electron chi connectivity index (χ2n) is 14.9. The van der Waals surface area contributed by atoms with E-state index in [1.807, 2.05) is 42.1 Å². The molecule has 2 fully saturated rings. The average Bonchev–Trinajstić information content (AvgIpc) is 3.66. The molecule has 3 amide bonds. The fourth-order valence-electron chi connectivity index (χ4n) is 7.89. The number of ether oxygens (including phenoxy) is 1. The Morgan fingerprint density at radius 2 is 1.67 bits per heavy atom. The first-order valence-electron chi connectivity index (χ1n) is 20.0. The fourth-order valence-corrected chi connectivity index (χ4v) is 7.89. The molecule has 4 heterocycles. The lowest BCUT2D eigenvalue weighted by Gasteiger charge is -2.31. The molecule has 0 aliphatic carbocycles. The van der Waals surface area contributed by atoms with Crippen molar-refractivity contribution in [1.82, 2.24) is 30.3 Å². The predicted octanol–water partition coefficient (Wildman–Crippen LogP) is 5.97. The summed E-state index contributed by atoms with van der Waals surface area (Å²) in [6, 6.07) is 19.4. The Hall–Kier alpha value is -5.66. The van der Waals surface area contributed by atoms with Gasteiger partial charge in [-0.25, -0.2) is 14.1 Å². The molecule has 57 heavy (non-hydrogen) atoms. The van der Waals surface area contributed by atoms with Gasteiger partial charge in [0.25, 0.3) is 11.8 Å². The summed E-state index contributed by atoms with van der Waals surface area (Å²) >= 11 is 0. The van der Waals surface area contributed by atoms with E-state index < -0.39 is 0 Å². The number of anilines is 1. The summed E-state index contributed by atoms with van der Waals surface area (Å²) in [6.45, 7) is 8.71. The number of aromatic nitrogens is 3. The maximum Gasteiger partial charge on any atom is 0.251 e. The highest BCUT2D eigenvalue weighted by Crippen LogP contribution is 2.32. The van der Waals surface area contributed by atoms with E-state index in [1.54, 1.807) is 36.4 Å². The molecule has 13 heteroatoms. The third kappa shape index (κ3) is 9.32. The Morgan fingerprint density at radius 1 is 0.912 bits per heavy atom. The quantitative estimate of drug-likeness (QED) is 0.108. The lowest BCUT2D eigenvalue weighted by Crippen LogP contribution is -2.40. The average molecular weight is 775 g/mol. The minimum atomic E-state index is -0.364. The highest BCUT2D eigenvalue weighted by Gasteiger charge is 2.25. The monoisotopic (exact) mass is 774 g/mol. The van der Waals surface area contributed by atoms with E-state index in [9.17, 15) is 14.4 Å². The number of rotatable bonds is 14. The fraction of sp³-hybridized carbons (Fsp3) is 0.386. The van der Waals surface area contributed by atoms with Crippen LogP contribution in [0.4, 0.5) is 10.1 Å². The van der Waals surface area contributed by atoms with E-state index in [4.69, 9.17) is 15.5 Å². The van der Waals surface area contributed by atoms with Crippen molar-refractivity contribution in [1.29, 1.82) is 0 Å². The van der Waals surface area contributed by atoms with Gasteiger partial charge in [-0.15, -0.1) is 0 Å². The molecule has 2 aliphatic heterocycles. The van der Waals surface area contributed by atoms with Crippen LogP contribution in [-0.2, 0) is 42.1 Å². The Balaban J connectivity index is 1.01. The van der Waals surface area contributed by atoms with E-state index >= 15 is 4.39 Å². The van der Waals surface area contributed by atoms with Crippen LogP contribution in [0.3, 0.4) is 0 Å². The van der Waals surface area contributed by atoms with E-state index in [2.05, 4.69) is 32.9 Å². The van der Waals surface area contributed by atoms with Crippen LogP contribution in [-0.4, -0.2) is 69.7 Å². The number of primary amides is 1. The van der Waals surface area contributed by atoms with Gasteiger partial charge in [-0.05, 0) is 98.7 Å².